The van der Waals surface area contributed by atoms with Gasteiger partial charge in [-0.25, -0.2) is 4.98 Å². The molecule has 0 atom stereocenters. The molecule has 0 aromatic carbocycles. The van der Waals surface area contributed by atoms with Crippen LogP contribution in [0.3, 0.4) is 0 Å². The summed E-state index contributed by atoms with van der Waals surface area (Å²) in [4.78, 5) is 3.86. The first-order valence-corrected chi connectivity index (χ1v) is 3.90. The first-order chi connectivity index (χ1) is 6.31. The minimum absolute atomic E-state index is 0.129. The third-order valence-corrected chi connectivity index (χ3v) is 1.78. The molecule has 0 radical (unpaired) electrons. The molecule has 2 heterocycles. The Kier molecular flexibility index (Phi) is 1.90. The van der Waals surface area contributed by atoms with E-state index in [0.29, 0.717) is 11.5 Å². The molecule has 13 heavy (non-hydrogen) atoms. The zero-order chi connectivity index (χ0) is 9.26. The van der Waals surface area contributed by atoms with Crippen molar-refractivity contribution in [2.24, 2.45) is 0 Å². The van der Waals surface area contributed by atoms with E-state index in [4.69, 9.17) is 13.9 Å². The number of hydrogen-bond donors (Lipinski definition) is 1. The largest absolute Gasteiger partial charge is 0.469 e. The Labute approximate surface area is 74.8 Å². The summed E-state index contributed by atoms with van der Waals surface area (Å²) < 4.78 is 10.2. The molecular formula is C9H9NO3. The molecule has 0 unspecified atom stereocenters. The minimum atomic E-state index is -0.129. The first-order valence-electron chi connectivity index (χ1n) is 3.90. The molecule has 2 rings (SSSR count). The lowest BCUT2D eigenvalue weighted by atomic mass is 10.2. The van der Waals surface area contributed by atoms with Crippen molar-refractivity contribution in [3.63, 3.8) is 0 Å². The van der Waals surface area contributed by atoms with Crippen molar-refractivity contribution >= 4 is 0 Å². The Hall–Kier alpha value is -1.55. The van der Waals surface area contributed by atoms with Crippen LogP contribution in [0.25, 0.3) is 11.3 Å². The molecule has 0 saturated heterocycles. The highest BCUT2D eigenvalue weighted by Crippen LogP contribution is 2.24. The molecule has 0 saturated carbocycles. The van der Waals surface area contributed by atoms with E-state index in [2.05, 4.69) is 4.98 Å². The molecule has 0 aliphatic heterocycles. The van der Waals surface area contributed by atoms with Crippen LogP contribution in [0.5, 0.6) is 0 Å². The number of hydrogen-bond acceptors (Lipinski definition) is 4. The average Bonchev–Trinajstić information content (AvgIpc) is 2.71. The van der Waals surface area contributed by atoms with E-state index in [0.717, 1.165) is 11.3 Å². The fraction of sp³-hybridized carbons (Fsp3) is 0.222. The molecule has 0 bridgehead atoms. The molecule has 0 fully saturated rings. The number of nitrogens with zero attached hydrogens (tertiary/aromatic N) is 1. The monoisotopic (exact) mass is 179 g/mol. The zero-order valence-corrected chi connectivity index (χ0v) is 7.15. The quantitative estimate of drug-likeness (QED) is 0.762. The number of aromatic nitrogens is 1. The summed E-state index contributed by atoms with van der Waals surface area (Å²) in [5.41, 5.74) is 1.33. The Bertz CT molecular complexity index is 402. The van der Waals surface area contributed by atoms with E-state index in [-0.39, 0.29) is 6.61 Å². The molecule has 2 aromatic rings. The molecule has 4 heteroatoms. The molecule has 0 aliphatic carbocycles. The minimum Gasteiger partial charge on any atom is -0.469 e. The molecule has 0 spiro atoms. The van der Waals surface area contributed by atoms with E-state index in [1.54, 1.807) is 6.26 Å². The van der Waals surface area contributed by atoms with Crippen LogP contribution >= 0.6 is 0 Å². The fourth-order valence-corrected chi connectivity index (χ4v) is 1.18. The summed E-state index contributed by atoms with van der Waals surface area (Å²) in [6, 6.07) is 1.83. The lowest BCUT2D eigenvalue weighted by molar-refractivity contribution is 0.277. The van der Waals surface area contributed by atoms with Crippen LogP contribution in [0.2, 0.25) is 0 Å². The highest BCUT2D eigenvalue weighted by Gasteiger charge is 2.11. The van der Waals surface area contributed by atoms with Crippen LogP contribution in [0.15, 0.2) is 27.6 Å². The molecule has 4 nitrogen and oxygen atoms in total. The van der Waals surface area contributed by atoms with Gasteiger partial charge in [0, 0.05) is 0 Å². The third-order valence-electron chi connectivity index (χ3n) is 1.78. The van der Waals surface area contributed by atoms with Gasteiger partial charge in [-0.2, -0.15) is 0 Å². The van der Waals surface area contributed by atoms with Gasteiger partial charge in [-0.15, -0.1) is 0 Å². The van der Waals surface area contributed by atoms with E-state index in [9.17, 15) is 0 Å². The standard InChI is InChI=1S/C9H9NO3/c1-6-2-7(4-12-6)9-8(3-11)10-5-13-9/h2,4-5,11H,3H2,1H3. The maximum absolute atomic E-state index is 8.92. The second-order valence-electron chi connectivity index (χ2n) is 2.73. The summed E-state index contributed by atoms with van der Waals surface area (Å²) in [5, 5.41) is 8.92. The number of aliphatic hydroxyl groups excluding tert-OH is 1. The lowest BCUT2D eigenvalue weighted by Crippen LogP contribution is -1.84. The predicted molar refractivity (Wildman–Crippen MR) is 44.9 cm³/mol. The zero-order valence-electron chi connectivity index (χ0n) is 7.15. The Morgan fingerprint density at radius 1 is 1.46 bits per heavy atom. The average molecular weight is 179 g/mol. The lowest BCUT2D eigenvalue weighted by Gasteiger charge is -1.91. The number of aryl methyl sites for hydroxylation is 1. The van der Waals surface area contributed by atoms with Gasteiger partial charge < -0.3 is 13.9 Å². The van der Waals surface area contributed by atoms with E-state index in [1.165, 1.54) is 6.39 Å². The molecule has 2 aromatic heterocycles. The van der Waals surface area contributed by atoms with Crippen LogP contribution in [-0.2, 0) is 6.61 Å². The van der Waals surface area contributed by atoms with Gasteiger partial charge in [0.1, 0.15) is 17.7 Å². The van der Waals surface area contributed by atoms with Gasteiger partial charge in [-0.3, -0.25) is 0 Å². The number of furan rings is 1. The van der Waals surface area contributed by atoms with E-state index in [1.807, 2.05) is 13.0 Å². The van der Waals surface area contributed by atoms with Crippen LogP contribution in [0.4, 0.5) is 0 Å². The highest BCUT2D eigenvalue weighted by atomic mass is 16.4. The highest BCUT2D eigenvalue weighted by molar-refractivity contribution is 5.58. The molecular weight excluding hydrogens is 170 g/mol. The Morgan fingerprint density at radius 2 is 2.31 bits per heavy atom. The number of aliphatic hydroxyl groups is 1. The molecule has 0 aliphatic rings. The normalized spacial score (nSPS) is 10.6. The summed E-state index contributed by atoms with van der Waals surface area (Å²) >= 11 is 0. The van der Waals surface area contributed by atoms with Crippen LogP contribution < -0.4 is 0 Å². The third kappa shape index (κ3) is 1.36. The fourth-order valence-electron chi connectivity index (χ4n) is 1.18. The van der Waals surface area contributed by atoms with Crippen LogP contribution in [0.1, 0.15) is 11.5 Å². The smallest absolute Gasteiger partial charge is 0.181 e. The predicted octanol–water partition coefficient (Wildman–Crippen LogP) is 1.74. The van der Waals surface area contributed by atoms with Gasteiger partial charge in [-0.1, -0.05) is 0 Å². The maximum atomic E-state index is 8.92. The summed E-state index contributed by atoms with van der Waals surface area (Å²) in [6.07, 6.45) is 2.89. The summed E-state index contributed by atoms with van der Waals surface area (Å²) in [5.74, 6) is 1.37. The maximum Gasteiger partial charge on any atom is 0.181 e. The van der Waals surface area contributed by atoms with Gasteiger partial charge in [0.2, 0.25) is 0 Å². The van der Waals surface area contributed by atoms with E-state index < -0.39 is 0 Å². The first kappa shape index (κ1) is 8.07. The van der Waals surface area contributed by atoms with Gasteiger partial charge in [0.05, 0.1) is 12.2 Å². The van der Waals surface area contributed by atoms with Crippen LogP contribution in [-0.4, -0.2) is 10.1 Å². The van der Waals surface area contributed by atoms with Crippen molar-refractivity contribution in [2.45, 2.75) is 13.5 Å². The molecule has 0 amide bonds. The molecule has 68 valence electrons. The van der Waals surface area contributed by atoms with Gasteiger partial charge >= 0.3 is 0 Å². The Morgan fingerprint density at radius 3 is 2.92 bits per heavy atom. The van der Waals surface area contributed by atoms with Crippen molar-refractivity contribution in [1.29, 1.82) is 0 Å². The van der Waals surface area contributed by atoms with Gasteiger partial charge in [0.15, 0.2) is 12.2 Å². The second kappa shape index (κ2) is 3.06. The topological polar surface area (TPSA) is 59.4 Å². The van der Waals surface area contributed by atoms with E-state index >= 15 is 0 Å². The summed E-state index contributed by atoms with van der Waals surface area (Å²) in [6.45, 7) is 1.72. The number of rotatable bonds is 2. The number of oxazole rings is 1. The summed E-state index contributed by atoms with van der Waals surface area (Å²) in [7, 11) is 0. The SMILES string of the molecule is Cc1cc(-c2ocnc2CO)co1. The van der Waals surface area contributed by atoms with Crippen molar-refractivity contribution in [3.05, 3.63) is 30.2 Å². The van der Waals surface area contributed by atoms with Crippen molar-refractivity contribution in [2.75, 3.05) is 0 Å². The Balaban J connectivity index is 2.45. The van der Waals surface area contributed by atoms with Crippen LogP contribution in [0, 0.1) is 6.92 Å². The van der Waals surface area contributed by atoms with Crippen molar-refractivity contribution < 1.29 is 13.9 Å². The van der Waals surface area contributed by atoms with Crippen molar-refractivity contribution in [1.82, 2.24) is 4.98 Å². The molecule has 1 N–H and O–H groups in total. The van der Waals surface area contributed by atoms with Gasteiger partial charge in [0.25, 0.3) is 0 Å². The second-order valence-corrected chi connectivity index (χ2v) is 2.73. The van der Waals surface area contributed by atoms with Gasteiger partial charge in [-0.05, 0) is 13.0 Å². The van der Waals surface area contributed by atoms with Crippen molar-refractivity contribution in [3.8, 4) is 11.3 Å².